The molecule has 0 bridgehead atoms. The highest BCUT2D eigenvalue weighted by Crippen LogP contribution is 2.33. The molecule has 1 aliphatic heterocycles. The summed E-state index contributed by atoms with van der Waals surface area (Å²) in [4.78, 5) is 2.41. The second kappa shape index (κ2) is 6.21. The van der Waals surface area contributed by atoms with E-state index < -0.39 is 0 Å². The molecule has 2 unspecified atom stereocenters. The van der Waals surface area contributed by atoms with Gasteiger partial charge in [-0.1, -0.05) is 32.0 Å². The fourth-order valence-electron chi connectivity index (χ4n) is 2.71. The van der Waals surface area contributed by atoms with Gasteiger partial charge in [-0.05, 0) is 32.6 Å². The highest BCUT2D eigenvalue weighted by atomic mass is 16.5. The zero-order chi connectivity index (χ0) is 13.0. The molecule has 1 aliphatic rings. The average molecular weight is 248 g/mol. The lowest BCUT2D eigenvalue weighted by atomic mass is 9.95. The van der Waals surface area contributed by atoms with Crippen LogP contribution in [-0.2, 0) is 0 Å². The summed E-state index contributed by atoms with van der Waals surface area (Å²) in [6.07, 6.45) is 1.17. The molecule has 0 radical (unpaired) electrons. The largest absolute Gasteiger partial charge is 0.492 e. The molecule has 0 fully saturated rings. The van der Waals surface area contributed by atoms with Crippen molar-refractivity contribution in [1.82, 2.24) is 10.2 Å². The van der Waals surface area contributed by atoms with Crippen LogP contribution in [0.25, 0.3) is 0 Å². The summed E-state index contributed by atoms with van der Waals surface area (Å²) in [7, 11) is 2.19. The van der Waals surface area contributed by atoms with Gasteiger partial charge in [0.1, 0.15) is 12.4 Å². The molecule has 0 spiro atoms. The van der Waals surface area contributed by atoms with E-state index in [9.17, 15) is 0 Å². The van der Waals surface area contributed by atoms with Crippen molar-refractivity contribution in [3.63, 3.8) is 0 Å². The third-order valence-corrected chi connectivity index (χ3v) is 3.61. The quantitative estimate of drug-likeness (QED) is 0.866. The molecule has 1 aromatic rings. The molecule has 3 heteroatoms. The van der Waals surface area contributed by atoms with Crippen LogP contribution in [0.3, 0.4) is 0 Å². The van der Waals surface area contributed by atoms with Crippen LogP contribution in [0.2, 0.25) is 0 Å². The van der Waals surface area contributed by atoms with Crippen molar-refractivity contribution >= 4 is 0 Å². The first-order valence-corrected chi connectivity index (χ1v) is 6.93. The first-order chi connectivity index (χ1) is 8.77. The SMILES string of the molecule is CCCN(C)C1COc2ccccc2C1NCC. The van der Waals surface area contributed by atoms with Gasteiger partial charge in [0, 0.05) is 5.56 Å². The molecule has 3 nitrogen and oxygen atoms in total. The molecule has 100 valence electrons. The topological polar surface area (TPSA) is 24.5 Å². The number of ether oxygens (including phenoxy) is 1. The smallest absolute Gasteiger partial charge is 0.124 e. The van der Waals surface area contributed by atoms with E-state index in [1.165, 1.54) is 12.0 Å². The van der Waals surface area contributed by atoms with Crippen LogP contribution in [0, 0.1) is 0 Å². The number of fused-ring (bicyclic) bond motifs is 1. The Morgan fingerprint density at radius 2 is 2.11 bits per heavy atom. The first kappa shape index (κ1) is 13.4. The van der Waals surface area contributed by atoms with Crippen molar-refractivity contribution < 1.29 is 4.74 Å². The van der Waals surface area contributed by atoms with E-state index in [0.717, 1.165) is 25.4 Å². The van der Waals surface area contributed by atoms with E-state index in [1.54, 1.807) is 0 Å². The van der Waals surface area contributed by atoms with Crippen molar-refractivity contribution in [3.8, 4) is 5.75 Å². The zero-order valence-electron chi connectivity index (χ0n) is 11.6. The Bertz CT molecular complexity index is 381. The molecule has 0 amide bonds. The van der Waals surface area contributed by atoms with E-state index in [0.29, 0.717) is 12.1 Å². The molecule has 1 N–H and O–H groups in total. The van der Waals surface area contributed by atoms with Crippen molar-refractivity contribution in [2.24, 2.45) is 0 Å². The number of rotatable bonds is 5. The summed E-state index contributed by atoms with van der Waals surface area (Å²) in [5.41, 5.74) is 1.29. The normalized spacial score (nSPS) is 22.7. The van der Waals surface area contributed by atoms with E-state index in [-0.39, 0.29) is 0 Å². The van der Waals surface area contributed by atoms with E-state index in [4.69, 9.17) is 4.74 Å². The van der Waals surface area contributed by atoms with Crippen LogP contribution in [0.4, 0.5) is 0 Å². The summed E-state index contributed by atoms with van der Waals surface area (Å²) in [5.74, 6) is 1.03. The molecule has 0 aliphatic carbocycles. The maximum Gasteiger partial charge on any atom is 0.124 e. The Morgan fingerprint density at radius 3 is 2.83 bits per heavy atom. The Hall–Kier alpha value is -1.06. The van der Waals surface area contributed by atoms with Crippen LogP contribution in [-0.4, -0.2) is 37.7 Å². The molecule has 0 saturated carbocycles. The van der Waals surface area contributed by atoms with Crippen molar-refractivity contribution in [2.75, 3.05) is 26.7 Å². The van der Waals surface area contributed by atoms with Crippen LogP contribution in [0.5, 0.6) is 5.75 Å². The van der Waals surface area contributed by atoms with Gasteiger partial charge in [-0.2, -0.15) is 0 Å². The lowest BCUT2D eigenvalue weighted by Crippen LogP contribution is -2.49. The number of hydrogen-bond donors (Lipinski definition) is 1. The molecule has 0 aromatic heterocycles. The van der Waals surface area contributed by atoms with Gasteiger partial charge in [0.05, 0.1) is 12.1 Å². The van der Waals surface area contributed by atoms with Gasteiger partial charge in [-0.15, -0.1) is 0 Å². The number of para-hydroxylation sites is 1. The minimum atomic E-state index is 0.372. The highest BCUT2D eigenvalue weighted by Gasteiger charge is 2.32. The summed E-state index contributed by atoms with van der Waals surface area (Å²) >= 11 is 0. The molecular weight excluding hydrogens is 224 g/mol. The fourth-order valence-corrected chi connectivity index (χ4v) is 2.71. The Labute approximate surface area is 110 Å². The molecule has 2 rings (SSSR count). The van der Waals surface area contributed by atoms with Crippen molar-refractivity contribution in [3.05, 3.63) is 29.8 Å². The van der Waals surface area contributed by atoms with Gasteiger partial charge in [-0.3, -0.25) is 4.90 Å². The predicted molar refractivity (Wildman–Crippen MR) is 75.1 cm³/mol. The van der Waals surface area contributed by atoms with Crippen LogP contribution in [0.1, 0.15) is 31.9 Å². The number of likely N-dealkylation sites (N-methyl/N-ethyl adjacent to an activating group) is 2. The predicted octanol–water partition coefficient (Wildman–Crippen LogP) is 2.44. The first-order valence-electron chi connectivity index (χ1n) is 6.93. The second-order valence-corrected chi connectivity index (χ2v) is 4.93. The lowest BCUT2D eigenvalue weighted by molar-refractivity contribution is 0.107. The number of hydrogen-bond acceptors (Lipinski definition) is 3. The Balaban J connectivity index is 2.23. The van der Waals surface area contributed by atoms with E-state index >= 15 is 0 Å². The fraction of sp³-hybridized carbons (Fsp3) is 0.600. The second-order valence-electron chi connectivity index (χ2n) is 4.93. The minimum Gasteiger partial charge on any atom is -0.492 e. The molecule has 2 atom stereocenters. The van der Waals surface area contributed by atoms with Gasteiger partial charge in [-0.25, -0.2) is 0 Å². The van der Waals surface area contributed by atoms with E-state index in [2.05, 4.69) is 49.3 Å². The summed E-state index contributed by atoms with van der Waals surface area (Å²) in [6.45, 7) is 7.24. The maximum atomic E-state index is 5.90. The monoisotopic (exact) mass is 248 g/mol. The van der Waals surface area contributed by atoms with E-state index in [1.807, 2.05) is 6.07 Å². The van der Waals surface area contributed by atoms with Gasteiger partial charge in [0.2, 0.25) is 0 Å². The molecule has 0 saturated heterocycles. The van der Waals surface area contributed by atoms with Crippen molar-refractivity contribution in [1.29, 1.82) is 0 Å². The van der Waals surface area contributed by atoms with Gasteiger partial charge in [0.15, 0.2) is 0 Å². The summed E-state index contributed by atoms with van der Waals surface area (Å²) < 4.78 is 5.90. The summed E-state index contributed by atoms with van der Waals surface area (Å²) in [6, 6.07) is 9.16. The third-order valence-electron chi connectivity index (χ3n) is 3.61. The lowest BCUT2D eigenvalue weighted by Gasteiger charge is -2.39. The number of benzene rings is 1. The maximum absolute atomic E-state index is 5.90. The highest BCUT2D eigenvalue weighted by molar-refractivity contribution is 5.38. The van der Waals surface area contributed by atoms with Crippen LogP contribution >= 0.6 is 0 Å². The minimum absolute atomic E-state index is 0.372. The third kappa shape index (κ3) is 2.68. The molecule has 1 aromatic carbocycles. The Kier molecular flexibility index (Phi) is 4.61. The average Bonchev–Trinajstić information content (AvgIpc) is 2.39. The molecule has 1 heterocycles. The van der Waals surface area contributed by atoms with Crippen LogP contribution in [0.15, 0.2) is 24.3 Å². The Morgan fingerprint density at radius 1 is 1.33 bits per heavy atom. The summed E-state index contributed by atoms with van der Waals surface area (Å²) in [5, 5.41) is 3.61. The van der Waals surface area contributed by atoms with Crippen molar-refractivity contribution in [2.45, 2.75) is 32.4 Å². The molecule has 18 heavy (non-hydrogen) atoms. The standard InChI is InChI=1S/C15H24N2O/c1-4-10-17(3)13-11-18-14-9-7-6-8-12(14)15(13)16-5-2/h6-9,13,15-16H,4-5,10-11H2,1-3H3. The van der Waals surface area contributed by atoms with Crippen LogP contribution < -0.4 is 10.1 Å². The van der Waals surface area contributed by atoms with Gasteiger partial charge >= 0.3 is 0 Å². The number of nitrogens with one attached hydrogen (secondary N) is 1. The number of nitrogens with zero attached hydrogens (tertiary/aromatic N) is 1. The molecular formula is C15H24N2O. The van der Waals surface area contributed by atoms with Gasteiger partial charge in [0.25, 0.3) is 0 Å². The van der Waals surface area contributed by atoms with Gasteiger partial charge < -0.3 is 10.1 Å². The zero-order valence-corrected chi connectivity index (χ0v) is 11.6.